The predicted octanol–water partition coefficient (Wildman–Crippen LogP) is -0.0649. The lowest BCUT2D eigenvalue weighted by molar-refractivity contribution is -0.241. The van der Waals surface area contributed by atoms with Crippen molar-refractivity contribution < 1.29 is 50.4 Å². The highest BCUT2D eigenvalue weighted by molar-refractivity contribution is 5.97. The number of ketones is 1. The molecule has 2 aromatic carbocycles. The molecule has 10 nitrogen and oxygen atoms in total. The van der Waals surface area contributed by atoms with Gasteiger partial charge in [-0.1, -0.05) is 18.2 Å². The highest BCUT2D eigenvalue weighted by atomic mass is 16.5. The lowest BCUT2D eigenvalue weighted by Gasteiger charge is -2.42. The lowest BCUT2D eigenvalue weighted by atomic mass is 9.88. The molecule has 1 fully saturated rings. The van der Waals surface area contributed by atoms with Crippen LogP contribution in [0.15, 0.2) is 42.5 Å². The standard InChI is InChI=1S/C23H26O10/c24-13-5-1-11(9-16(13)27)3-7-15(26)19(29)23-22(32)21(31)20(30)18(33-23)8-4-12-2-6-14(25)17(28)10-12/h1-3,5-7,9-10,18-25,27-32H,4,8H2/t18?,19?,20-,21+,22-,23+/m0/s1. The lowest BCUT2D eigenvalue weighted by Crippen LogP contribution is -2.61. The number of aliphatic hydroxyl groups is 4. The van der Waals surface area contributed by atoms with Gasteiger partial charge in [-0.3, -0.25) is 4.79 Å². The molecule has 8 N–H and O–H groups in total. The molecule has 6 atom stereocenters. The summed E-state index contributed by atoms with van der Waals surface area (Å²) >= 11 is 0. The van der Waals surface area contributed by atoms with Crippen LogP contribution in [0.3, 0.4) is 0 Å². The number of phenols is 4. The molecule has 178 valence electrons. The quantitative estimate of drug-likeness (QED) is 0.204. The van der Waals surface area contributed by atoms with E-state index in [-0.39, 0.29) is 30.1 Å². The molecule has 0 radical (unpaired) electrons. The zero-order valence-corrected chi connectivity index (χ0v) is 17.4. The van der Waals surface area contributed by atoms with Crippen molar-refractivity contribution in [2.75, 3.05) is 0 Å². The summed E-state index contributed by atoms with van der Waals surface area (Å²) < 4.78 is 5.58. The van der Waals surface area contributed by atoms with Gasteiger partial charge in [-0.25, -0.2) is 0 Å². The third-order valence-electron chi connectivity index (χ3n) is 5.55. The summed E-state index contributed by atoms with van der Waals surface area (Å²) in [5.41, 5.74) is 0.969. The van der Waals surface area contributed by atoms with Crippen LogP contribution in [0.1, 0.15) is 17.5 Å². The molecule has 0 saturated carbocycles. The Kier molecular flexibility index (Phi) is 7.57. The van der Waals surface area contributed by atoms with Crippen molar-refractivity contribution in [3.63, 3.8) is 0 Å². The number of carbonyl (C=O) groups excluding carboxylic acids is 1. The van der Waals surface area contributed by atoms with Gasteiger partial charge in [0.05, 0.1) is 6.10 Å². The second-order valence-corrected chi connectivity index (χ2v) is 7.90. The van der Waals surface area contributed by atoms with E-state index >= 15 is 0 Å². The van der Waals surface area contributed by atoms with Gasteiger partial charge < -0.3 is 45.6 Å². The number of phenolic OH excluding ortho intramolecular Hbond substituents is 4. The molecule has 33 heavy (non-hydrogen) atoms. The normalized spacial score (nSPS) is 26.4. The minimum Gasteiger partial charge on any atom is -0.504 e. The maximum Gasteiger partial charge on any atom is 0.186 e. The van der Waals surface area contributed by atoms with Crippen molar-refractivity contribution in [1.82, 2.24) is 0 Å². The molecule has 0 aliphatic carbocycles. The Morgan fingerprint density at radius 3 is 2.15 bits per heavy atom. The first-order chi connectivity index (χ1) is 15.6. The van der Waals surface area contributed by atoms with Crippen LogP contribution >= 0.6 is 0 Å². The Hall–Kier alpha value is -3.15. The van der Waals surface area contributed by atoms with Gasteiger partial charge in [-0.05, 0) is 54.3 Å². The van der Waals surface area contributed by atoms with Gasteiger partial charge in [0.1, 0.15) is 30.5 Å². The average Bonchev–Trinajstić information content (AvgIpc) is 2.79. The van der Waals surface area contributed by atoms with E-state index in [0.717, 1.165) is 6.08 Å². The molecule has 0 amide bonds. The van der Waals surface area contributed by atoms with E-state index < -0.39 is 48.2 Å². The Morgan fingerprint density at radius 2 is 1.52 bits per heavy atom. The second-order valence-electron chi connectivity index (χ2n) is 7.90. The number of carbonyl (C=O) groups is 1. The highest BCUT2D eigenvalue weighted by Crippen LogP contribution is 2.29. The molecule has 0 aromatic heterocycles. The van der Waals surface area contributed by atoms with Gasteiger partial charge in [0.15, 0.2) is 28.8 Å². The molecule has 1 saturated heterocycles. The van der Waals surface area contributed by atoms with E-state index in [9.17, 15) is 45.6 Å². The van der Waals surface area contributed by atoms with Crippen molar-refractivity contribution in [2.45, 2.75) is 49.5 Å². The number of ether oxygens (including phenoxy) is 1. The fourth-order valence-electron chi connectivity index (χ4n) is 3.60. The zero-order chi connectivity index (χ0) is 24.3. The van der Waals surface area contributed by atoms with Crippen LogP contribution < -0.4 is 0 Å². The zero-order valence-electron chi connectivity index (χ0n) is 17.4. The van der Waals surface area contributed by atoms with E-state index in [1.807, 2.05) is 0 Å². The fourth-order valence-corrected chi connectivity index (χ4v) is 3.60. The monoisotopic (exact) mass is 462 g/mol. The van der Waals surface area contributed by atoms with Crippen molar-refractivity contribution in [2.24, 2.45) is 0 Å². The maximum atomic E-state index is 12.4. The Bertz CT molecular complexity index is 1020. The summed E-state index contributed by atoms with van der Waals surface area (Å²) in [6, 6.07) is 8.03. The smallest absolute Gasteiger partial charge is 0.186 e. The maximum absolute atomic E-state index is 12.4. The van der Waals surface area contributed by atoms with Crippen LogP contribution in [0.5, 0.6) is 23.0 Å². The molecule has 1 aliphatic rings. The number of hydrogen-bond acceptors (Lipinski definition) is 10. The van der Waals surface area contributed by atoms with Gasteiger partial charge in [0.25, 0.3) is 0 Å². The first kappa shape index (κ1) is 24.5. The minimum atomic E-state index is -1.86. The van der Waals surface area contributed by atoms with Crippen LogP contribution in [0, 0.1) is 0 Å². The molecule has 2 unspecified atom stereocenters. The Labute approximate surface area is 188 Å². The number of rotatable bonds is 7. The predicted molar refractivity (Wildman–Crippen MR) is 115 cm³/mol. The summed E-state index contributed by atoms with van der Waals surface area (Å²) in [7, 11) is 0. The van der Waals surface area contributed by atoms with Crippen LogP contribution in [0.25, 0.3) is 6.08 Å². The molecule has 0 spiro atoms. The van der Waals surface area contributed by atoms with Crippen LogP contribution in [-0.2, 0) is 16.0 Å². The van der Waals surface area contributed by atoms with Gasteiger partial charge in [-0.15, -0.1) is 0 Å². The fraction of sp³-hybridized carbons (Fsp3) is 0.348. The van der Waals surface area contributed by atoms with E-state index in [0.29, 0.717) is 11.1 Å². The molecule has 1 heterocycles. The van der Waals surface area contributed by atoms with Crippen molar-refractivity contribution in [1.29, 1.82) is 0 Å². The Balaban J connectivity index is 1.68. The number of benzene rings is 2. The highest BCUT2D eigenvalue weighted by Gasteiger charge is 2.47. The molecule has 1 aliphatic heterocycles. The van der Waals surface area contributed by atoms with Crippen molar-refractivity contribution in [3.05, 3.63) is 53.6 Å². The van der Waals surface area contributed by atoms with E-state index in [2.05, 4.69) is 0 Å². The third-order valence-corrected chi connectivity index (χ3v) is 5.55. The topological polar surface area (TPSA) is 188 Å². The van der Waals surface area contributed by atoms with E-state index in [4.69, 9.17) is 4.74 Å². The minimum absolute atomic E-state index is 0.120. The van der Waals surface area contributed by atoms with Crippen LogP contribution in [-0.4, -0.2) is 83.3 Å². The average molecular weight is 462 g/mol. The number of aliphatic hydroxyl groups excluding tert-OH is 4. The summed E-state index contributed by atoms with van der Waals surface area (Å²) in [4.78, 5) is 12.4. The SMILES string of the molecule is O=C(C=Cc1ccc(O)c(O)c1)C(O)[C@H]1OC(CCc2ccc(O)c(O)c2)[C@H](O)[C@@H](O)[C@@H]1O. The molecular weight excluding hydrogens is 436 g/mol. The van der Waals surface area contributed by atoms with E-state index in [1.165, 1.54) is 36.4 Å². The van der Waals surface area contributed by atoms with Gasteiger partial charge in [-0.2, -0.15) is 0 Å². The first-order valence-electron chi connectivity index (χ1n) is 10.2. The molecule has 3 rings (SSSR count). The van der Waals surface area contributed by atoms with E-state index in [1.54, 1.807) is 6.07 Å². The first-order valence-corrected chi connectivity index (χ1v) is 10.2. The third kappa shape index (κ3) is 5.62. The van der Waals surface area contributed by atoms with Crippen LogP contribution in [0.2, 0.25) is 0 Å². The molecular formula is C23H26O10. The van der Waals surface area contributed by atoms with Gasteiger partial charge in [0, 0.05) is 0 Å². The molecule has 10 heteroatoms. The molecule has 0 bridgehead atoms. The largest absolute Gasteiger partial charge is 0.504 e. The number of aromatic hydroxyl groups is 4. The van der Waals surface area contributed by atoms with Gasteiger partial charge >= 0.3 is 0 Å². The summed E-state index contributed by atoms with van der Waals surface area (Å²) in [6.45, 7) is 0. The van der Waals surface area contributed by atoms with Crippen molar-refractivity contribution in [3.8, 4) is 23.0 Å². The molecule has 2 aromatic rings. The van der Waals surface area contributed by atoms with Crippen LogP contribution in [0.4, 0.5) is 0 Å². The van der Waals surface area contributed by atoms with Crippen molar-refractivity contribution >= 4 is 11.9 Å². The summed E-state index contributed by atoms with van der Waals surface area (Å²) in [5.74, 6) is -2.18. The Morgan fingerprint density at radius 1 is 0.879 bits per heavy atom. The van der Waals surface area contributed by atoms with Gasteiger partial charge in [0.2, 0.25) is 0 Å². The summed E-state index contributed by atoms with van der Waals surface area (Å²) in [5, 5.41) is 79.0. The number of hydrogen-bond donors (Lipinski definition) is 8. The number of aryl methyl sites for hydroxylation is 1. The summed E-state index contributed by atoms with van der Waals surface area (Å²) in [6.07, 6.45) is -6.66. The second kappa shape index (κ2) is 10.2.